The number of nitrogens with zero attached hydrogens (tertiary/aromatic N) is 1. The van der Waals surface area contributed by atoms with E-state index in [1.165, 1.54) is 23.1 Å². The van der Waals surface area contributed by atoms with Crippen molar-refractivity contribution in [3.05, 3.63) is 28.7 Å². The molecular formula is C13H11NO5S2. The average Bonchev–Trinajstić information content (AvgIpc) is 2.67. The Labute approximate surface area is 129 Å². The van der Waals surface area contributed by atoms with Gasteiger partial charge in [0.1, 0.15) is 4.32 Å². The van der Waals surface area contributed by atoms with Gasteiger partial charge in [-0.25, -0.2) is 0 Å². The molecule has 0 aliphatic carbocycles. The molecule has 1 amide bonds. The van der Waals surface area contributed by atoms with Gasteiger partial charge in [-0.1, -0.05) is 30.0 Å². The molecule has 2 rings (SSSR count). The molecule has 0 bridgehead atoms. The van der Waals surface area contributed by atoms with Gasteiger partial charge in [0.2, 0.25) is 0 Å². The lowest BCUT2D eigenvalue weighted by atomic mass is 10.2. The molecule has 1 aliphatic heterocycles. The van der Waals surface area contributed by atoms with Crippen LogP contribution in [-0.2, 0) is 9.59 Å². The third kappa shape index (κ3) is 3.53. The van der Waals surface area contributed by atoms with Crippen molar-refractivity contribution in [2.75, 3.05) is 6.54 Å². The van der Waals surface area contributed by atoms with Crippen LogP contribution in [0.2, 0.25) is 0 Å². The summed E-state index contributed by atoms with van der Waals surface area (Å²) in [6, 6.07) is 4.17. The first-order chi connectivity index (χ1) is 9.88. The summed E-state index contributed by atoms with van der Waals surface area (Å²) in [5, 5.41) is 27.3. The molecule has 0 saturated carbocycles. The lowest BCUT2D eigenvalue weighted by molar-refractivity contribution is -0.137. The zero-order valence-corrected chi connectivity index (χ0v) is 12.3. The van der Waals surface area contributed by atoms with Gasteiger partial charge in [0, 0.05) is 6.54 Å². The third-order valence-corrected chi connectivity index (χ3v) is 4.10. The topological polar surface area (TPSA) is 98.1 Å². The second-order valence-electron chi connectivity index (χ2n) is 4.23. The molecule has 110 valence electrons. The maximum Gasteiger partial charge on any atom is 0.305 e. The first-order valence-electron chi connectivity index (χ1n) is 5.87. The maximum absolute atomic E-state index is 12.1. The van der Waals surface area contributed by atoms with Crippen molar-refractivity contribution < 1.29 is 24.9 Å². The predicted octanol–water partition coefficient (Wildman–Crippen LogP) is 1.77. The Morgan fingerprint density at radius 1 is 1.33 bits per heavy atom. The summed E-state index contributed by atoms with van der Waals surface area (Å²) in [6.07, 6.45) is 1.35. The molecule has 1 saturated heterocycles. The quantitative estimate of drug-likeness (QED) is 0.441. The summed E-state index contributed by atoms with van der Waals surface area (Å²) in [5.41, 5.74) is 0.532. The van der Waals surface area contributed by atoms with Crippen LogP contribution in [0.3, 0.4) is 0 Å². The molecule has 21 heavy (non-hydrogen) atoms. The molecular weight excluding hydrogens is 314 g/mol. The Kier molecular flexibility index (Phi) is 4.49. The van der Waals surface area contributed by atoms with Gasteiger partial charge >= 0.3 is 5.97 Å². The molecule has 0 atom stereocenters. The van der Waals surface area contributed by atoms with Crippen LogP contribution in [0.1, 0.15) is 12.0 Å². The fraction of sp³-hybridized carbons (Fsp3) is 0.154. The van der Waals surface area contributed by atoms with Crippen molar-refractivity contribution in [1.29, 1.82) is 0 Å². The number of rotatable bonds is 4. The minimum absolute atomic E-state index is 0.0260. The van der Waals surface area contributed by atoms with E-state index in [2.05, 4.69) is 0 Å². The number of hydrogen-bond acceptors (Lipinski definition) is 6. The second kappa shape index (κ2) is 6.15. The monoisotopic (exact) mass is 325 g/mol. The molecule has 3 N–H and O–H groups in total. The number of amides is 1. The van der Waals surface area contributed by atoms with Gasteiger partial charge in [-0.2, -0.15) is 0 Å². The van der Waals surface area contributed by atoms with Crippen LogP contribution < -0.4 is 0 Å². The first kappa shape index (κ1) is 15.3. The summed E-state index contributed by atoms with van der Waals surface area (Å²) in [5.74, 6) is -1.90. The van der Waals surface area contributed by atoms with Gasteiger partial charge in [-0.05, 0) is 23.8 Å². The molecule has 8 heteroatoms. The Bertz CT molecular complexity index is 656. The number of hydrogen-bond donors (Lipinski definition) is 3. The van der Waals surface area contributed by atoms with Gasteiger partial charge in [0.15, 0.2) is 11.5 Å². The number of carboxylic acid groups (broad SMARTS) is 1. The van der Waals surface area contributed by atoms with E-state index in [1.807, 2.05) is 0 Å². The van der Waals surface area contributed by atoms with Crippen LogP contribution >= 0.6 is 24.0 Å². The van der Waals surface area contributed by atoms with E-state index < -0.39 is 5.97 Å². The van der Waals surface area contributed by atoms with Crippen LogP contribution in [0.4, 0.5) is 0 Å². The number of thioether (sulfide) groups is 1. The minimum Gasteiger partial charge on any atom is -0.504 e. The van der Waals surface area contributed by atoms with E-state index >= 15 is 0 Å². The highest BCUT2D eigenvalue weighted by atomic mass is 32.2. The molecule has 1 fully saturated rings. The van der Waals surface area contributed by atoms with Crippen molar-refractivity contribution in [3.63, 3.8) is 0 Å². The maximum atomic E-state index is 12.1. The summed E-state index contributed by atoms with van der Waals surface area (Å²) in [7, 11) is 0. The van der Waals surface area contributed by atoms with Gasteiger partial charge in [-0.3, -0.25) is 14.5 Å². The normalized spacial score (nSPS) is 16.8. The summed E-state index contributed by atoms with van der Waals surface area (Å²) >= 11 is 6.12. The van der Waals surface area contributed by atoms with E-state index in [0.717, 1.165) is 11.8 Å². The first-order valence-corrected chi connectivity index (χ1v) is 7.10. The van der Waals surface area contributed by atoms with Crippen LogP contribution in [-0.4, -0.2) is 43.0 Å². The predicted molar refractivity (Wildman–Crippen MR) is 81.9 cm³/mol. The minimum atomic E-state index is -1.00. The standard InChI is InChI=1S/C13H11NO5S2/c15-8-2-1-7(5-9(8)16)6-10-12(19)14(13(20)21-10)4-3-11(17)18/h1-2,5-6,15-16H,3-4H2,(H,17,18)/b10-6-. The number of carbonyl (C=O) groups is 2. The highest BCUT2D eigenvalue weighted by molar-refractivity contribution is 8.26. The number of carboxylic acids is 1. The zero-order valence-electron chi connectivity index (χ0n) is 10.6. The summed E-state index contributed by atoms with van der Waals surface area (Å²) in [4.78, 5) is 24.3. The van der Waals surface area contributed by atoms with Crippen LogP contribution in [0, 0.1) is 0 Å². The van der Waals surface area contributed by atoms with Crippen molar-refractivity contribution in [1.82, 2.24) is 4.90 Å². The van der Waals surface area contributed by atoms with E-state index in [4.69, 9.17) is 17.3 Å². The number of aliphatic carboxylic acids is 1. The van der Waals surface area contributed by atoms with Crippen molar-refractivity contribution in [2.45, 2.75) is 6.42 Å². The Hall–Kier alpha value is -2.06. The fourth-order valence-electron chi connectivity index (χ4n) is 1.68. The third-order valence-electron chi connectivity index (χ3n) is 2.72. The van der Waals surface area contributed by atoms with Crippen LogP contribution in [0.25, 0.3) is 6.08 Å². The summed E-state index contributed by atoms with van der Waals surface area (Å²) < 4.78 is 0.301. The Morgan fingerprint density at radius 2 is 2.05 bits per heavy atom. The molecule has 0 aromatic heterocycles. The van der Waals surface area contributed by atoms with Crippen molar-refractivity contribution in [3.8, 4) is 11.5 Å². The van der Waals surface area contributed by atoms with Gasteiger partial charge in [0.05, 0.1) is 11.3 Å². The van der Waals surface area contributed by atoms with Crippen LogP contribution in [0.15, 0.2) is 23.1 Å². The number of phenolic OH excluding ortho intramolecular Hbond substituents is 2. The highest BCUT2D eigenvalue weighted by Crippen LogP contribution is 2.34. The SMILES string of the molecule is O=C(O)CCN1C(=O)/C(=C/c2ccc(O)c(O)c2)SC1=S. The van der Waals surface area contributed by atoms with Gasteiger partial charge in [0.25, 0.3) is 5.91 Å². The molecule has 0 spiro atoms. The van der Waals surface area contributed by atoms with Gasteiger partial charge in [-0.15, -0.1) is 0 Å². The van der Waals surface area contributed by atoms with E-state index in [0.29, 0.717) is 14.8 Å². The van der Waals surface area contributed by atoms with E-state index in [1.54, 1.807) is 6.07 Å². The zero-order chi connectivity index (χ0) is 15.6. The van der Waals surface area contributed by atoms with Crippen molar-refractivity contribution >= 4 is 46.3 Å². The average molecular weight is 325 g/mol. The number of aromatic hydroxyl groups is 2. The molecule has 1 aromatic carbocycles. The highest BCUT2D eigenvalue weighted by Gasteiger charge is 2.32. The molecule has 6 nitrogen and oxygen atoms in total. The summed E-state index contributed by atoms with van der Waals surface area (Å²) in [6.45, 7) is 0.0260. The van der Waals surface area contributed by atoms with E-state index in [-0.39, 0.29) is 30.4 Å². The van der Waals surface area contributed by atoms with Crippen molar-refractivity contribution in [2.24, 2.45) is 0 Å². The van der Waals surface area contributed by atoms with Crippen LogP contribution in [0.5, 0.6) is 11.5 Å². The lowest BCUT2D eigenvalue weighted by Gasteiger charge is -2.12. The molecule has 1 aromatic rings. The molecule has 1 heterocycles. The Morgan fingerprint density at radius 3 is 2.67 bits per heavy atom. The number of benzene rings is 1. The second-order valence-corrected chi connectivity index (χ2v) is 5.90. The number of thiocarbonyl (C=S) groups is 1. The smallest absolute Gasteiger partial charge is 0.305 e. The Balaban J connectivity index is 2.19. The molecule has 0 radical (unpaired) electrons. The number of carbonyl (C=O) groups excluding carboxylic acids is 1. The van der Waals surface area contributed by atoms with E-state index in [9.17, 15) is 19.8 Å². The molecule has 0 unspecified atom stereocenters. The largest absolute Gasteiger partial charge is 0.504 e. The lowest BCUT2D eigenvalue weighted by Crippen LogP contribution is -2.30. The van der Waals surface area contributed by atoms with Gasteiger partial charge < -0.3 is 15.3 Å². The number of phenols is 2. The molecule has 1 aliphatic rings. The fourth-order valence-corrected chi connectivity index (χ4v) is 2.99.